The number of amides is 1. The van der Waals surface area contributed by atoms with Crippen LogP contribution >= 0.6 is 11.3 Å². The molecule has 130 valence electrons. The predicted molar refractivity (Wildman–Crippen MR) is 89.2 cm³/mol. The number of morpholine rings is 1. The number of thiazole rings is 1. The van der Waals surface area contributed by atoms with Gasteiger partial charge in [-0.15, -0.1) is 11.3 Å². The van der Waals surface area contributed by atoms with E-state index in [2.05, 4.69) is 10.1 Å². The molecule has 0 atom stereocenters. The van der Waals surface area contributed by atoms with Gasteiger partial charge in [0.15, 0.2) is 0 Å². The van der Waals surface area contributed by atoms with Crippen molar-refractivity contribution in [2.24, 2.45) is 0 Å². The molecule has 2 aromatic heterocycles. The largest absolute Gasteiger partial charge is 0.370 e. The van der Waals surface area contributed by atoms with Crippen LogP contribution in [0.3, 0.4) is 0 Å². The molecular weight excluding hydrogens is 328 g/mol. The average molecular weight is 351 g/mol. The van der Waals surface area contributed by atoms with Crippen LogP contribution in [0.15, 0.2) is 16.1 Å². The molecule has 7 nitrogen and oxygen atoms in total. The van der Waals surface area contributed by atoms with E-state index in [4.69, 9.17) is 9.26 Å². The number of aromatic nitrogens is 2. The number of nitrogens with one attached hydrogen (secondary N) is 1. The Morgan fingerprint density at radius 2 is 2.17 bits per heavy atom. The Kier molecular flexibility index (Phi) is 5.60. The lowest BCUT2D eigenvalue weighted by atomic mass is 10.1. The molecule has 3 heterocycles. The van der Waals surface area contributed by atoms with Gasteiger partial charge < -0.3 is 19.1 Å². The second-order valence-corrected chi connectivity index (χ2v) is 6.94. The molecule has 0 saturated carbocycles. The number of carbonyl (C=O) groups excluding carboxylic acids is 1. The molecule has 0 spiro atoms. The topological polar surface area (TPSA) is 72.9 Å². The summed E-state index contributed by atoms with van der Waals surface area (Å²) in [6.07, 6.45) is 1.77. The highest BCUT2D eigenvalue weighted by Crippen LogP contribution is 2.17. The molecule has 0 bridgehead atoms. The van der Waals surface area contributed by atoms with Crippen LogP contribution < -0.4 is 4.90 Å². The van der Waals surface area contributed by atoms with Gasteiger partial charge in [-0.3, -0.25) is 4.79 Å². The maximum absolute atomic E-state index is 13.0. The summed E-state index contributed by atoms with van der Waals surface area (Å²) in [6, 6.07) is 0. The normalized spacial score (nSPS) is 15.6. The van der Waals surface area contributed by atoms with E-state index in [-0.39, 0.29) is 5.91 Å². The SMILES string of the molecule is Cc1noc(C)c1C(=O)N(CC[NH+]1CCOCC1)Cc1nccs1. The summed E-state index contributed by atoms with van der Waals surface area (Å²) in [5.41, 5.74) is 1.21. The van der Waals surface area contributed by atoms with E-state index in [1.807, 2.05) is 10.3 Å². The van der Waals surface area contributed by atoms with Crippen LogP contribution in [-0.4, -0.2) is 60.3 Å². The standard InChI is InChI=1S/C16H22N4O3S/c1-12-15(13(2)23-18-12)16(21)20(11-14-17-3-10-24-14)5-4-19-6-8-22-9-7-19/h3,10H,4-9,11H2,1-2H3/p+1. The predicted octanol–water partition coefficient (Wildman–Crippen LogP) is 0.305. The van der Waals surface area contributed by atoms with E-state index in [0.29, 0.717) is 30.1 Å². The second-order valence-electron chi connectivity index (χ2n) is 5.96. The molecule has 2 aromatic rings. The number of carbonyl (C=O) groups is 1. The third-order valence-corrected chi connectivity index (χ3v) is 5.04. The van der Waals surface area contributed by atoms with Gasteiger partial charge in [-0.25, -0.2) is 4.98 Å². The number of aryl methyl sites for hydroxylation is 2. The highest BCUT2D eigenvalue weighted by molar-refractivity contribution is 7.09. The number of quaternary nitrogens is 1. The van der Waals surface area contributed by atoms with Crippen molar-refractivity contribution in [1.29, 1.82) is 0 Å². The van der Waals surface area contributed by atoms with Crippen LogP contribution in [0.5, 0.6) is 0 Å². The monoisotopic (exact) mass is 351 g/mol. The summed E-state index contributed by atoms with van der Waals surface area (Å²) in [7, 11) is 0. The molecule has 0 aliphatic carbocycles. The van der Waals surface area contributed by atoms with Gasteiger partial charge in [0.1, 0.15) is 29.4 Å². The van der Waals surface area contributed by atoms with Crippen LogP contribution in [0.1, 0.15) is 26.8 Å². The highest BCUT2D eigenvalue weighted by Gasteiger charge is 2.25. The van der Waals surface area contributed by atoms with Gasteiger partial charge in [0.05, 0.1) is 38.5 Å². The molecule has 0 aromatic carbocycles. The smallest absolute Gasteiger partial charge is 0.259 e. The number of hydrogen-bond acceptors (Lipinski definition) is 6. The molecule has 1 saturated heterocycles. The van der Waals surface area contributed by atoms with Crippen LogP contribution in [0.4, 0.5) is 0 Å². The van der Waals surface area contributed by atoms with E-state index in [9.17, 15) is 4.79 Å². The van der Waals surface area contributed by atoms with E-state index in [0.717, 1.165) is 37.9 Å². The van der Waals surface area contributed by atoms with E-state index >= 15 is 0 Å². The Morgan fingerprint density at radius 1 is 1.38 bits per heavy atom. The third kappa shape index (κ3) is 4.00. The van der Waals surface area contributed by atoms with Crippen molar-refractivity contribution in [2.45, 2.75) is 20.4 Å². The lowest BCUT2D eigenvalue weighted by Gasteiger charge is -2.27. The van der Waals surface area contributed by atoms with Gasteiger partial charge in [0.2, 0.25) is 0 Å². The molecule has 1 amide bonds. The fourth-order valence-electron chi connectivity index (χ4n) is 2.90. The number of hydrogen-bond donors (Lipinski definition) is 1. The molecule has 3 rings (SSSR count). The zero-order chi connectivity index (χ0) is 16.9. The van der Waals surface area contributed by atoms with Crippen molar-refractivity contribution in [3.8, 4) is 0 Å². The Bertz CT molecular complexity index is 645. The highest BCUT2D eigenvalue weighted by atomic mass is 32.1. The molecule has 24 heavy (non-hydrogen) atoms. The van der Waals surface area contributed by atoms with Crippen molar-refractivity contribution in [2.75, 3.05) is 39.4 Å². The molecular formula is C16H23N4O3S+. The van der Waals surface area contributed by atoms with Crippen molar-refractivity contribution in [3.63, 3.8) is 0 Å². The number of rotatable bonds is 6. The fraction of sp³-hybridized carbons (Fsp3) is 0.562. The summed E-state index contributed by atoms with van der Waals surface area (Å²) >= 11 is 1.56. The minimum Gasteiger partial charge on any atom is -0.370 e. The first kappa shape index (κ1) is 17.1. The Balaban J connectivity index is 1.72. The molecule has 1 N–H and O–H groups in total. The summed E-state index contributed by atoms with van der Waals surface area (Å²) < 4.78 is 10.6. The van der Waals surface area contributed by atoms with Crippen LogP contribution in [0, 0.1) is 13.8 Å². The van der Waals surface area contributed by atoms with Crippen LogP contribution in [0.2, 0.25) is 0 Å². The van der Waals surface area contributed by atoms with Crippen LogP contribution in [-0.2, 0) is 11.3 Å². The number of nitrogens with zero attached hydrogens (tertiary/aromatic N) is 3. The van der Waals surface area contributed by atoms with Gasteiger partial charge in [-0.1, -0.05) is 5.16 Å². The van der Waals surface area contributed by atoms with Crippen molar-refractivity contribution >= 4 is 17.2 Å². The first-order valence-electron chi connectivity index (χ1n) is 8.17. The van der Waals surface area contributed by atoms with Crippen molar-refractivity contribution in [1.82, 2.24) is 15.0 Å². The zero-order valence-corrected chi connectivity index (χ0v) is 14.9. The summed E-state index contributed by atoms with van der Waals surface area (Å²) in [5.74, 6) is 0.537. The van der Waals surface area contributed by atoms with Gasteiger partial charge in [0.25, 0.3) is 5.91 Å². The number of ether oxygens (including phenoxy) is 1. The van der Waals surface area contributed by atoms with Gasteiger partial charge >= 0.3 is 0 Å². The summed E-state index contributed by atoms with van der Waals surface area (Å²) in [5, 5.41) is 6.78. The first-order valence-corrected chi connectivity index (χ1v) is 9.05. The maximum Gasteiger partial charge on any atom is 0.259 e. The van der Waals surface area contributed by atoms with E-state index in [1.54, 1.807) is 31.4 Å². The van der Waals surface area contributed by atoms with Crippen LogP contribution in [0.25, 0.3) is 0 Å². The Labute approximate surface area is 145 Å². The van der Waals surface area contributed by atoms with E-state index in [1.165, 1.54) is 4.90 Å². The average Bonchev–Trinajstić information content (AvgIpc) is 3.22. The minimum absolute atomic E-state index is 0.0332. The summed E-state index contributed by atoms with van der Waals surface area (Å²) in [4.78, 5) is 20.7. The molecule has 1 fully saturated rings. The van der Waals surface area contributed by atoms with E-state index < -0.39 is 0 Å². The Hall–Kier alpha value is -1.77. The lowest BCUT2D eigenvalue weighted by molar-refractivity contribution is -0.907. The van der Waals surface area contributed by atoms with Crippen molar-refractivity contribution in [3.05, 3.63) is 33.6 Å². The Morgan fingerprint density at radius 3 is 2.79 bits per heavy atom. The second kappa shape index (κ2) is 7.87. The molecule has 1 aliphatic rings. The van der Waals surface area contributed by atoms with Crippen molar-refractivity contribution < 1.29 is 19.0 Å². The minimum atomic E-state index is -0.0332. The molecule has 1 aliphatic heterocycles. The maximum atomic E-state index is 13.0. The molecule has 8 heteroatoms. The summed E-state index contributed by atoms with van der Waals surface area (Å²) in [6.45, 7) is 9.25. The molecule has 0 unspecified atom stereocenters. The third-order valence-electron chi connectivity index (χ3n) is 4.28. The fourth-order valence-corrected chi connectivity index (χ4v) is 3.53. The quantitative estimate of drug-likeness (QED) is 0.811. The van der Waals surface area contributed by atoms with Gasteiger partial charge in [-0.2, -0.15) is 0 Å². The van der Waals surface area contributed by atoms with Gasteiger partial charge in [0, 0.05) is 11.6 Å². The lowest BCUT2D eigenvalue weighted by Crippen LogP contribution is -3.14. The molecule has 0 radical (unpaired) electrons. The van der Waals surface area contributed by atoms with Gasteiger partial charge in [-0.05, 0) is 13.8 Å². The zero-order valence-electron chi connectivity index (χ0n) is 14.1. The first-order chi connectivity index (χ1) is 11.6.